The second-order valence-electron chi connectivity index (χ2n) is 4.04. The van der Waals surface area contributed by atoms with Crippen LogP contribution in [-0.4, -0.2) is 9.97 Å². The minimum Gasteiger partial charge on any atom is -0.459 e. The van der Waals surface area contributed by atoms with Gasteiger partial charge in [-0.2, -0.15) is 4.98 Å². The van der Waals surface area contributed by atoms with E-state index >= 15 is 0 Å². The molecule has 2 N–H and O–H groups in total. The van der Waals surface area contributed by atoms with Crippen LogP contribution >= 0.6 is 0 Å². The Morgan fingerprint density at radius 3 is 2.85 bits per heavy atom. The van der Waals surface area contributed by atoms with Crippen LogP contribution in [0.5, 0.6) is 6.01 Å². The van der Waals surface area contributed by atoms with Crippen molar-refractivity contribution in [3.63, 3.8) is 0 Å². The van der Waals surface area contributed by atoms with Crippen LogP contribution in [0.15, 0.2) is 48.9 Å². The average molecular weight is 273 g/mol. The Balaban J connectivity index is 1.74. The summed E-state index contributed by atoms with van der Waals surface area (Å²) in [7, 11) is 0. The number of nitrogens with zero attached hydrogens (tertiary/aromatic N) is 3. The number of anilines is 1. The van der Waals surface area contributed by atoms with E-state index in [1.165, 1.54) is 5.01 Å². The molecule has 3 rings (SSSR count). The molecule has 0 saturated heterocycles. The van der Waals surface area contributed by atoms with E-state index in [2.05, 4.69) is 20.9 Å². The standard InChI is InChI=1S/C13H12FN5O/c14-11-8-15-13(17-12(11)19-7-6-16-18-19)20-9-10-4-2-1-3-5-10/h1-8,16,18H,9H2. The van der Waals surface area contributed by atoms with Crippen molar-refractivity contribution in [1.82, 2.24) is 20.9 Å². The van der Waals surface area contributed by atoms with Crippen molar-refractivity contribution in [1.29, 1.82) is 0 Å². The van der Waals surface area contributed by atoms with Crippen LogP contribution in [-0.2, 0) is 6.61 Å². The summed E-state index contributed by atoms with van der Waals surface area (Å²) in [4.78, 5) is 7.85. The van der Waals surface area contributed by atoms with Crippen LogP contribution in [0, 0.1) is 5.82 Å². The largest absolute Gasteiger partial charge is 0.459 e. The molecule has 6 nitrogen and oxygen atoms in total. The summed E-state index contributed by atoms with van der Waals surface area (Å²) in [6, 6.07) is 9.74. The van der Waals surface area contributed by atoms with Gasteiger partial charge >= 0.3 is 6.01 Å². The van der Waals surface area contributed by atoms with Crippen molar-refractivity contribution in [2.24, 2.45) is 0 Å². The average Bonchev–Trinajstić information content (AvgIpc) is 3.01. The first-order valence-corrected chi connectivity index (χ1v) is 5.99. The van der Waals surface area contributed by atoms with Crippen LogP contribution in [0.4, 0.5) is 10.2 Å². The maximum absolute atomic E-state index is 13.7. The Hall–Kier alpha value is -2.67. The molecular formula is C13H12FN5O. The second kappa shape index (κ2) is 5.54. The molecule has 2 aromatic rings. The van der Waals surface area contributed by atoms with Gasteiger partial charge in [0.1, 0.15) is 6.61 Å². The Labute approximate surface area is 114 Å². The Bertz CT molecular complexity index is 619. The number of benzene rings is 1. The SMILES string of the molecule is Fc1cnc(OCc2ccccc2)nc1N1C=CNN1. The van der Waals surface area contributed by atoms with Gasteiger partial charge in [0.2, 0.25) is 0 Å². The molecule has 0 bridgehead atoms. The molecule has 20 heavy (non-hydrogen) atoms. The summed E-state index contributed by atoms with van der Waals surface area (Å²) < 4.78 is 19.1. The third-order valence-electron chi connectivity index (χ3n) is 2.63. The Morgan fingerprint density at radius 1 is 1.25 bits per heavy atom. The van der Waals surface area contributed by atoms with Crippen LogP contribution in [0.25, 0.3) is 0 Å². The van der Waals surface area contributed by atoms with E-state index in [4.69, 9.17) is 4.74 Å². The minimum atomic E-state index is -0.544. The molecule has 0 aliphatic carbocycles. The number of hydrogen-bond acceptors (Lipinski definition) is 6. The lowest BCUT2D eigenvalue weighted by Crippen LogP contribution is -2.36. The normalized spacial score (nSPS) is 13.3. The molecule has 0 amide bonds. The first-order valence-electron chi connectivity index (χ1n) is 5.99. The molecule has 0 spiro atoms. The molecule has 1 aromatic heterocycles. The highest BCUT2D eigenvalue weighted by Crippen LogP contribution is 2.18. The highest BCUT2D eigenvalue weighted by Gasteiger charge is 2.15. The van der Waals surface area contributed by atoms with Crippen molar-refractivity contribution in [3.05, 3.63) is 60.3 Å². The number of halogens is 1. The third kappa shape index (κ3) is 2.67. The van der Waals surface area contributed by atoms with E-state index < -0.39 is 5.82 Å². The fourth-order valence-corrected chi connectivity index (χ4v) is 1.68. The van der Waals surface area contributed by atoms with Crippen molar-refractivity contribution in [2.45, 2.75) is 6.61 Å². The number of ether oxygens (including phenoxy) is 1. The number of nitrogens with one attached hydrogen (secondary N) is 2. The van der Waals surface area contributed by atoms with Crippen LogP contribution < -0.4 is 20.7 Å². The number of rotatable bonds is 4. The Kier molecular flexibility index (Phi) is 3.42. The number of hydrogen-bond donors (Lipinski definition) is 2. The maximum atomic E-state index is 13.7. The van der Waals surface area contributed by atoms with Gasteiger partial charge in [-0.15, -0.1) is 5.53 Å². The quantitative estimate of drug-likeness (QED) is 0.880. The van der Waals surface area contributed by atoms with Gasteiger partial charge in [-0.1, -0.05) is 30.3 Å². The molecule has 1 aliphatic rings. The van der Waals surface area contributed by atoms with Gasteiger partial charge in [0.05, 0.1) is 6.20 Å². The van der Waals surface area contributed by atoms with Crippen LogP contribution in [0.2, 0.25) is 0 Å². The monoisotopic (exact) mass is 273 g/mol. The predicted molar refractivity (Wildman–Crippen MR) is 70.7 cm³/mol. The summed E-state index contributed by atoms with van der Waals surface area (Å²) in [6.45, 7) is 0.327. The van der Waals surface area contributed by atoms with Crippen LogP contribution in [0.1, 0.15) is 5.56 Å². The summed E-state index contributed by atoms with van der Waals surface area (Å²) in [5.41, 5.74) is 6.39. The molecule has 0 unspecified atom stereocenters. The lowest BCUT2D eigenvalue weighted by atomic mass is 10.2. The van der Waals surface area contributed by atoms with Crippen molar-refractivity contribution < 1.29 is 9.13 Å². The van der Waals surface area contributed by atoms with E-state index in [0.717, 1.165) is 11.8 Å². The highest BCUT2D eigenvalue weighted by atomic mass is 19.1. The first kappa shape index (κ1) is 12.4. The molecule has 0 atom stereocenters. The molecule has 7 heteroatoms. The third-order valence-corrected chi connectivity index (χ3v) is 2.63. The van der Waals surface area contributed by atoms with Gasteiger partial charge in [-0.25, -0.2) is 14.4 Å². The zero-order valence-electron chi connectivity index (χ0n) is 10.5. The Morgan fingerprint density at radius 2 is 2.10 bits per heavy atom. The van der Waals surface area contributed by atoms with Crippen LogP contribution in [0.3, 0.4) is 0 Å². The van der Waals surface area contributed by atoms with Gasteiger partial charge in [0, 0.05) is 12.4 Å². The molecule has 1 aromatic carbocycles. The van der Waals surface area contributed by atoms with E-state index in [1.54, 1.807) is 12.4 Å². The lowest BCUT2D eigenvalue weighted by Gasteiger charge is -2.15. The minimum absolute atomic E-state index is 0.0873. The summed E-state index contributed by atoms with van der Waals surface area (Å²) in [5, 5.41) is 1.40. The summed E-state index contributed by atoms with van der Waals surface area (Å²) in [6.07, 6.45) is 4.30. The van der Waals surface area contributed by atoms with E-state index in [1.807, 2.05) is 30.3 Å². The molecule has 0 saturated carbocycles. The van der Waals surface area contributed by atoms with Gasteiger partial charge in [0.25, 0.3) is 0 Å². The maximum Gasteiger partial charge on any atom is 0.318 e. The fraction of sp³-hybridized carbons (Fsp3) is 0.0769. The molecule has 102 valence electrons. The fourth-order valence-electron chi connectivity index (χ4n) is 1.68. The molecular weight excluding hydrogens is 261 g/mol. The van der Waals surface area contributed by atoms with E-state index in [-0.39, 0.29) is 11.8 Å². The summed E-state index contributed by atoms with van der Waals surface area (Å²) >= 11 is 0. The first-order chi connectivity index (χ1) is 9.83. The highest BCUT2D eigenvalue weighted by molar-refractivity contribution is 5.42. The van der Waals surface area contributed by atoms with Crippen molar-refractivity contribution in [2.75, 3.05) is 5.01 Å². The topological polar surface area (TPSA) is 62.3 Å². The van der Waals surface area contributed by atoms with Gasteiger partial charge in [-0.05, 0) is 5.56 Å². The smallest absolute Gasteiger partial charge is 0.318 e. The molecule has 0 radical (unpaired) electrons. The van der Waals surface area contributed by atoms with Crippen molar-refractivity contribution >= 4 is 5.82 Å². The number of aromatic nitrogens is 2. The zero-order valence-corrected chi connectivity index (χ0v) is 10.5. The van der Waals surface area contributed by atoms with E-state index in [0.29, 0.717) is 6.61 Å². The van der Waals surface area contributed by atoms with E-state index in [9.17, 15) is 4.39 Å². The zero-order chi connectivity index (χ0) is 13.8. The molecule has 0 fully saturated rings. The van der Waals surface area contributed by atoms with Gasteiger partial charge in [0.15, 0.2) is 11.6 Å². The lowest BCUT2D eigenvalue weighted by molar-refractivity contribution is 0.279. The van der Waals surface area contributed by atoms with Gasteiger partial charge < -0.3 is 10.2 Å². The summed E-state index contributed by atoms with van der Waals surface area (Å²) in [5.74, 6) is -0.456. The predicted octanol–water partition coefficient (Wildman–Crippen LogP) is 1.50. The van der Waals surface area contributed by atoms with Crippen molar-refractivity contribution in [3.8, 4) is 6.01 Å². The van der Waals surface area contributed by atoms with Gasteiger partial charge in [-0.3, -0.25) is 0 Å². The second-order valence-corrected chi connectivity index (χ2v) is 4.04. The number of hydrazine groups is 2. The molecule has 1 aliphatic heterocycles. The molecule has 2 heterocycles.